The predicted molar refractivity (Wildman–Crippen MR) is 99.6 cm³/mol. The SMILES string of the molecule is COc1cc(F)c([N+](=O)[O-])cc1Nc1cc(Nc2ccc(F)c(Cl)c2)ncn1. The van der Waals surface area contributed by atoms with Crippen molar-refractivity contribution in [2.45, 2.75) is 0 Å². The van der Waals surface area contributed by atoms with Crippen molar-refractivity contribution in [3.8, 4) is 5.75 Å². The Morgan fingerprint density at radius 3 is 2.43 bits per heavy atom. The average molecular weight is 408 g/mol. The van der Waals surface area contributed by atoms with Crippen LogP contribution in [0.25, 0.3) is 0 Å². The van der Waals surface area contributed by atoms with Crippen LogP contribution in [0.4, 0.5) is 37.5 Å². The molecule has 0 aliphatic carbocycles. The Kier molecular flexibility index (Phi) is 5.50. The summed E-state index contributed by atoms with van der Waals surface area (Å²) < 4.78 is 32.1. The van der Waals surface area contributed by atoms with E-state index in [-0.39, 0.29) is 22.3 Å². The number of ether oxygens (including phenoxy) is 1. The van der Waals surface area contributed by atoms with Crippen LogP contribution in [-0.4, -0.2) is 22.0 Å². The van der Waals surface area contributed by atoms with Gasteiger partial charge in [-0.1, -0.05) is 11.6 Å². The molecule has 3 aromatic rings. The lowest BCUT2D eigenvalue weighted by Gasteiger charge is -2.12. The van der Waals surface area contributed by atoms with E-state index in [9.17, 15) is 18.9 Å². The van der Waals surface area contributed by atoms with Gasteiger partial charge in [0.15, 0.2) is 0 Å². The van der Waals surface area contributed by atoms with Crippen molar-refractivity contribution in [3.05, 3.63) is 69.5 Å². The highest BCUT2D eigenvalue weighted by molar-refractivity contribution is 6.31. The molecular formula is C17H12ClF2N5O3. The molecule has 2 N–H and O–H groups in total. The molecule has 8 nitrogen and oxygen atoms in total. The van der Waals surface area contributed by atoms with Gasteiger partial charge in [0, 0.05) is 23.9 Å². The second kappa shape index (κ2) is 8.01. The fraction of sp³-hybridized carbons (Fsp3) is 0.0588. The van der Waals surface area contributed by atoms with Crippen LogP contribution in [0.3, 0.4) is 0 Å². The topological polar surface area (TPSA) is 102 Å². The Hall–Kier alpha value is -3.53. The molecule has 0 aliphatic rings. The smallest absolute Gasteiger partial charge is 0.307 e. The molecule has 0 amide bonds. The minimum atomic E-state index is -1.02. The molecule has 0 fully saturated rings. The van der Waals surface area contributed by atoms with Gasteiger partial charge in [-0.3, -0.25) is 10.1 Å². The number of benzene rings is 2. The number of nitro benzene ring substituents is 1. The molecular weight excluding hydrogens is 396 g/mol. The third-order valence-corrected chi connectivity index (χ3v) is 3.88. The van der Waals surface area contributed by atoms with E-state index in [1.807, 2.05) is 0 Å². The normalized spacial score (nSPS) is 10.4. The maximum absolute atomic E-state index is 13.8. The number of hydrogen-bond acceptors (Lipinski definition) is 7. The van der Waals surface area contributed by atoms with Crippen molar-refractivity contribution >= 4 is 40.3 Å². The number of nitrogens with zero attached hydrogens (tertiary/aromatic N) is 3. The number of aromatic nitrogens is 2. The minimum absolute atomic E-state index is 0.0548. The van der Waals surface area contributed by atoms with E-state index in [1.165, 1.54) is 37.7 Å². The van der Waals surface area contributed by atoms with Crippen LogP contribution in [0.2, 0.25) is 5.02 Å². The third-order valence-electron chi connectivity index (χ3n) is 3.59. The molecule has 0 aliphatic heterocycles. The van der Waals surface area contributed by atoms with Crippen molar-refractivity contribution in [3.63, 3.8) is 0 Å². The Balaban J connectivity index is 1.87. The van der Waals surface area contributed by atoms with E-state index in [4.69, 9.17) is 16.3 Å². The summed E-state index contributed by atoms with van der Waals surface area (Å²) in [5.41, 5.74) is -0.0761. The van der Waals surface area contributed by atoms with Crippen molar-refractivity contribution < 1.29 is 18.4 Å². The van der Waals surface area contributed by atoms with Gasteiger partial charge in [0.25, 0.3) is 0 Å². The molecule has 0 saturated heterocycles. The number of methoxy groups -OCH3 is 1. The summed E-state index contributed by atoms with van der Waals surface area (Å²) in [4.78, 5) is 18.2. The molecule has 1 heterocycles. The summed E-state index contributed by atoms with van der Waals surface area (Å²) in [6.45, 7) is 0. The van der Waals surface area contributed by atoms with E-state index in [0.717, 1.165) is 12.1 Å². The fourth-order valence-corrected chi connectivity index (χ4v) is 2.48. The zero-order valence-electron chi connectivity index (χ0n) is 14.2. The summed E-state index contributed by atoms with van der Waals surface area (Å²) in [5.74, 6) is -0.921. The second-order valence-corrected chi connectivity index (χ2v) is 5.84. The van der Waals surface area contributed by atoms with Gasteiger partial charge in [-0.05, 0) is 18.2 Å². The molecule has 0 bridgehead atoms. The molecule has 3 rings (SSSR count). The Labute approximate surface area is 162 Å². The van der Waals surface area contributed by atoms with E-state index in [0.29, 0.717) is 11.5 Å². The fourth-order valence-electron chi connectivity index (χ4n) is 2.30. The number of anilines is 4. The van der Waals surface area contributed by atoms with Crippen LogP contribution in [0.1, 0.15) is 0 Å². The zero-order valence-corrected chi connectivity index (χ0v) is 15.0. The number of hydrogen-bond donors (Lipinski definition) is 2. The van der Waals surface area contributed by atoms with E-state index in [2.05, 4.69) is 20.6 Å². The Bertz CT molecular complexity index is 1050. The lowest BCUT2D eigenvalue weighted by molar-refractivity contribution is -0.387. The molecule has 0 atom stereocenters. The molecule has 11 heteroatoms. The summed E-state index contributed by atoms with van der Waals surface area (Å²) in [6, 6.07) is 7.46. The van der Waals surface area contributed by atoms with Gasteiger partial charge in [0.05, 0.1) is 22.7 Å². The standard InChI is InChI=1S/C17H12ClF2N5O3/c1-28-15-5-12(20)14(25(26)27)6-13(15)24-17-7-16(21-8-22-17)23-9-2-3-11(19)10(18)4-9/h2-8H,1H3,(H2,21,22,23,24). The predicted octanol–water partition coefficient (Wildman–Crippen LogP) is 4.81. The summed E-state index contributed by atoms with van der Waals surface area (Å²) in [7, 11) is 1.30. The largest absolute Gasteiger partial charge is 0.494 e. The second-order valence-electron chi connectivity index (χ2n) is 5.43. The molecule has 0 radical (unpaired) electrons. The van der Waals surface area contributed by atoms with Crippen molar-refractivity contribution in [2.24, 2.45) is 0 Å². The number of halogens is 3. The first-order chi connectivity index (χ1) is 13.4. The molecule has 0 spiro atoms. The van der Waals surface area contributed by atoms with Gasteiger partial charge in [-0.15, -0.1) is 0 Å². The van der Waals surface area contributed by atoms with Crippen molar-refractivity contribution in [1.82, 2.24) is 9.97 Å². The van der Waals surface area contributed by atoms with Crippen LogP contribution in [-0.2, 0) is 0 Å². The minimum Gasteiger partial charge on any atom is -0.494 e. The Morgan fingerprint density at radius 1 is 1.07 bits per heavy atom. The van der Waals surface area contributed by atoms with Crippen LogP contribution >= 0.6 is 11.6 Å². The van der Waals surface area contributed by atoms with Crippen LogP contribution in [0, 0.1) is 21.7 Å². The monoisotopic (exact) mass is 407 g/mol. The van der Waals surface area contributed by atoms with Gasteiger partial charge >= 0.3 is 5.69 Å². The van der Waals surface area contributed by atoms with Crippen LogP contribution in [0.5, 0.6) is 5.75 Å². The first kappa shape index (κ1) is 19.2. The highest BCUT2D eigenvalue weighted by Crippen LogP contribution is 2.33. The molecule has 0 saturated carbocycles. The van der Waals surface area contributed by atoms with Gasteiger partial charge in [-0.25, -0.2) is 14.4 Å². The molecule has 2 aromatic carbocycles. The van der Waals surface area contributed by atoms with Gasteiger partial charge < -0.3 is 15.4 Å². The molecule has 28 heavy (non-hydrogen) atoms. The summed E-state index contributed by atoms with van der Waals surface area (Å²) in [6.07, 6.45) is 1.24. The van der Waals surface area contributed by atoms with Gasteiger partial charge in [0.2, 0.25) is 5.82 Å². The van der Waals surface area contributed by atoms with Crippen molar-refractivity contribution in [2.75, 3.05) is 17.7 Å². The molecule has 144 valence electrons. The lowest BCUT2D eigenvalue weighted by atomic mass is 10.2. The third kappa shape index (κ3) is 4.23. The highest BCUT2D eigenvalue weighted by atomic mass is 35.5. The van der Waals surface area contributed by atoms with Crippen molar-refractivity contribution in [1.29, 1.82) is 0 Å². The lowest BCUT2D eigenvalue weighted by Crippen LogP contribution is -2.02. The maximum Gasteiger partial charge on any atom is 0.307 e. The zero-order chi connectivity index (χ0) is 20.3. The van der Waals surface area contributed by atoms with E-state index >= 15 is 0 Å². The summed E-state index contributed by atoms with van der Waals surface area (Å²) >= 11 is 5.75. The van der Waals surface area contributed by atoms with Crippen LogP contribution in [0.15, 0.2) is 42.7 Å². The van der Waals surface area contributed by atoms with E-state index < -0.39 is 22.2 Å². The number of nitrogens with one attached hydrogen (secondary N) is 2. The molecule has 0 unspecified atom stereocenters. The average Bonchev–Trinajstić information content (AvgIpc) is 2.66. The highest BCUT2D eigenvalue weighted by Gasteiger charge is 2.19. The first-order valence-electron chi connectivity index (χ1n) is 7.70. The number of nitro groups is 1. The van der Waals surface area contributed by atoms with Gasteiger partial charge in [-0.2, -0.15) is 4.39 Å². The Morgan fingerprint density at radius 2 is 1.79 bits per heavy atom. The maximum atomic E-state index is 13.8. The van der Waals surface area contributed by atoms with Crippen LogP contribution < -0.4 is 15.4 Å². The van der Waals surface area contributed by atoms with Gasteiger partial charge in [0.1, 0.15) is 29.5 Å². The quantitative estimate of drug-likeness (QED) is 0.446. The summed E-state index contributed by atoms with van der Waals surface area (Å²) in [5, 5.41) is 16.6. The first-order valence-corrected chi connectivity index (χ1v) is 8.08. The molecule has 1 aromatic heterocycles. The van der Waals surface area contributed by atoms with E-state index in [1.54, 1.807) is 0 Å². The number of rotatable bonds is 6.